The van der Waals surface area contributed by atoms with Gasteiger partial charge in [0.1, 0.15) is 10.8 Å². The maximum atomic E-state index is 13.6. The molecule has 0 radical (unpaired) electrons. The van der Waals surface area contributed by atoms with E-state index in [9.17, 15) is 4.39 Å². The number of benzene rings is 1. The highest BCUT2D eigenvalue weighted by atomic mass is 79.9. The number of hydrogen-bond acceptors (Lipinski definition) is 3. The first-order valence-electron chi connectivity index (χ1n) is 4.75. The molecular weight excluding hydrogens is 291 g/mol. The van der Waals surface area contributed by atoms with Gasteiger partial charge < -0.3 is 5.32 Å². The maximum Gasteiger partial charge on any atom is 0.131 e. The van der Waals surface area contributed by atoms with Gasteiger partial charge in [-0.2, -0.15) is 0 Å². The Morgan fingerprint density at radius 2 is 2.31 bits per heavy atom. The molecule has 16 heavy (non-hydrogen) atoms. The fourth-order valence-corrected chi connectivity index (χ4v) is 2.66. The summed E-state index contributed by atoms with van der Waals surface area (Å²) >= 11 is 4.84. The third-order valence-corrected chi connectivity index (χ3v) is 3.60. The van der Waals surface area contributed by atoms with Crippen LogP contribution in [0.5, 0.6) is 0 Å². The molecule has 0 bridgehead atoms. The molecular formula is C11H10BrFN2S. The van der Waals surface area contributed by atoms with Crippen LogP contribution in [-0.2, 0) is 6.54 Å². The first-order chi connectivity index (χ1) is 7.70. The van der Waals surface area contributed by atoms with Gasteiger partial charge in [0.25, 0.3) is 0 Å². The predicted molar refractivity (Wildman–Crippen MR) is 68.0 cm³/mol. The molecule has 0 aliphatic heterocycles. The molecule has 0 saturated heterocycles. The van der Waals surface area contributed by atoms with E-state index < -0.39 is 0 Å². The molecule has 1 aromatic heterocycles. The molecule has 0 fully saturated rings. The number of nitrogens with zero attached hydrogens (tertiary/aromatic N) is 1. The first-order valence-corrected chi connectivity index (χ1v) is 6.36. The SMILES string of the molecule is CNCc1ncc(-c2cc(Br)ccc2F)s1. The van der Waals surface area contributed by atoms with Crippen molar-refractivity contribution in [2.45, 2.75) is 6.54 Å². The van der Waals surface area contributed by atoms with E-state index in [1.54, 1.807) is 18.3 Å². The largest absolute Gasteiger partial charge is 0.314 e. The Labute approximate surface area is 106 Å². The second kappa shape index (κ2) is 5.03. The molecule has 0 aliphatic rings. The number of hydrogen-bond donors (Lipinski definition) is 1. The van der Waals surface area contributed by atoms with Gasteiger partial charge in [0.15, 0.2) is 0 Å². The molecule has 0 unspecified atom stereocenters. The Bertz CT molecular complexity index is 498. The predicted octanol–water partition coefficient (Wildman–Crippen LogP) is 3.43. The van der Waals surface area contributed by atoms with Crippen molar-refractivity contribution < 1.29 is 4.39 Å². The minimum absolute atomic E-state index is 0.220. The second-order valence-electron chi connectivity index (χ2n) is 3.27. The second-order valence-corrected chi connectivity index (χ2v) is 5.30. The van der Waals surface area contributed by atoms with E-state index in [0.717, 1.165) is 14.4 Å². The number of thiazole rings is 1. The zero-order chi connectivity index (χ0) is 11.5. The van der Waals surface area contributed by atoms with Gasteiger partial charge in [0, 0.05) is 22.8 Å². The fourth-order valence-electron chi connectivity index (χ4n) is 1.35. The summed E-state index contributed by atoms with van der Waals surface area (Å²) in [5.74, 6) is -0.220. The summed E-state index contributed by atoms with van der Waals surface area (Å²) in [5, 5.41) is 3.98. The average molecular weight is 301 g/mol. The summed E-state index contributed by atoms with van der Waals surface area (Å²) in [5.41, 5.74) is 0.592. The molecule has 0 spiro atoms. The van der Waals surface area contributed by atoms with Gasteiger partial charge in [0.05, 0.1) is 4.88 Å². The third-order valence-electron chi connectivity index (χ3n) is 2.08. The Morgan fingerprint density at radius 3 is 3.06 bits per heavy atom. The number of rotatable bonds is 3. The van der Waals surface area contributed by atoms with Crippen LogP contribution in [0.4, 0.5) is 4.39 Å². The van der Waals surface area contributed by atoms with Gasteiger partial charge in [-0.15, -0.1) is 11.3 Å². The summed E-state index contributed by atoms with van der Waals surface area (Å²) in [4.78, 5) is 5.08. The molecule has 1 N–H and O–H groups in total. The normalized spacial score (nSPS) is 10.7. The van der Waals surface area contributed by atoms with Crippen molar-refractivity contribution in [3.05, 3.63) is 39.7 Å². The van der Waals surface area contributed by atoms with Crippen LogP contribution in [-0.4, -0.2) is 12.0 Å². The molecule has 0 amide bonds. The van der Waals surface area contributed by atoms with Crippen LogP contribution in [0.2, 0.25) is 0 Å². The molecule has 0 saturated carbocycles. The molecule has 2 aromatic rings. The third kappa shape index (κ3) is 2.48. The Hall–Kier alpha value is -0.780. The van der Waals surface area contributed by atoms with Gasteiger partial charge in [-0.1, -0.05) is 15.9 Å². The minimum Gasteiger partial charge on any atom is -0.314 e. The lowest BCUT2D eigenvalue weighted by molar-refractivity contribution is 0.631. The van der Waals surface area contributed by atoms with E-state index in [-0.39, 0.29) is 5.82 Å². The van der Waals surface area contributed by atoms with E-state index in [4.69, 9.17) is 0 Å². The smallest absolute Gasteiger partial charge is 0.131 e. The highest BCUT2D eigenvalue weighted by Crippen LogP contribution is 2.30. The van der Waals surface area contributed by atoms with Gasteiger partial charge in [0.2, 0.25) is 0 Å². The summed E-state index contributed by atoms with van der Waals surface area (Å²) < 4.78 is 14.5. The topological polar surface area (TPSA) is 24.9 Å². The quantitative estimate of drug-likeness (QED) is 0.939. The summed E-state index contributed by atoms with van der Waals surface area (Å²) in [6, 6.07) is 4.91. The van der Waals surface area contributed by atoms with Gasteiger partial charge in [-0.3, -0.25) is 0 Å². The highest BCUT2D eigenvalue weighted by Gasteiger charge is 2.09. The lowest BCUT2D eigenvalue weighted by atomic mass is 10.2. The first kappa shape index (κ1) is 11.7. The van der Waals surface area contributed by atoms with Gasteiger partial charge in [-0.05, 0) is 25.2 Å². The van der Waals surface area contributed by atoms with Crippen molar-refractivity contribution in [1.29, 1.82) is 0 Å². The molecule has 0 aliphatic carbocycles. The standard InChI is InChI=1S/C11H10BrFN2S/c1-14-6-11-15-5-10(16-11)8-4-7(12)2-3-9(8)13/h2-5,14H,6H2,1H3. The van der Waals surface area contributed by atoms with Crippen LogP contribution < -0.4 is 5.32 Å². The van der Waals surface area contributed by atoms with Crippen LogP contribution in [0.25, 0.3) is 10.4 Å². The van der Waals surface area contributed by atoms with Crippen molar-refractivity contribution in [3.8, 4) is 10.4 Å². The Balaban J connectivity index is 2.38. The molecule has 5 heteroatoms. The summed E-state index contributed by atoms with van der Waals surface area (Å²) in [6.07, 6.45) is 1.71. The van der Waals surface area contributed by atoms with Gasteiger partial charge in [-0.25, -0.2) is 9.37 Å². The molecule has 84 valence electrons. The lowest BCUT2D eigenvalue weighted by Crippen LogP contribution is -2.03. The molecule has 2 nitrogen and oxygen atoms in total. The van der Waals surface area contributed by atoms with E-state index in [0.29, 0.717) is 12.1 Å². The minimum atomic E-state index is -0.220. The van der Waals surface area contributed by atoms with E-state index in [1.807, 2.05) is 7.05 Å². The summed E-state index contributed by atoms with van der Waals surface area (Å²) in [7, 11) is 1.86. The van der Waals surface area contributed by atoms with E-state index in [2.05, 4.69) is 26.2 Å². The number of aromatic nitrogens is 1. The number of nitrogens with one attached hydrogen (secondary N) is 1. The molecule has 1 heterocycles. The van der Waals surface area contributed by atoms with Crippen LogP contribution in [0, 0.1) is 5.82 Å². The highest BCUT2D eigenvalue weighted by molar-refractivity contribution is 9.10. The maximum absolute atomic E-state index is 13.6. The Kier molecular flexibility index (Phi) is 3.68. The van der Waals surface area contributed by atoms with Crippen molar-refractivity contribution in [3.63, 3.8) is 0 Å². The van der Waals surface area contributed by atoms with Crippen molar-refractivity contribution in [2.75, 3.05) is 7.05 Å². The molecule has 2 rings (SSSR count). The van der Waals surface area contributed by atoms with Crippen molar-refractivity contribution in [1.82, 2.24) is 10.3 Å². The zero-order valence-corrected chi connectivity index (χ0v) is 11.0. The summed E-state index contributed by atoms with van der Waals surface area (Å²) in [6.45, 7) is 0.709. The van der Waals surface area contributed by atoms with Crippen molar-refractivity contribution in [2.24, 2.45) is 0 Å². The zero-order valence-electron chi connectivity index (χ0n) is 8.63. The fraction of sp³-hybridized carbons (Fsp3) is 0.182. The lowest BCUT2D eigenvalue weighted by Gasteiger charge is -1.99. The van der Waals surface area contributed by atoms with Crippen LogP contribution in [0.15, 0.2) is 28.9 Å². The molecule has 1 aromatic carbocycles. The van der Waals surface area contributed by atoms with Crippen LogP contribution in [0.1, 0.15) is 5.01 Å². The monoisotopic (exact) mass is 300 g/mol. The van der Waals surface area contributed by atoms with Crippen molar-refractivity contribution >= 4 is 27.3 Å². The molecule has 0 atom stereocenters. The Morgan fingerprint density at radius 1 is 1.50 bits per heavy atom. The van der Waals surface area contributed by atoms with E-state index >= 15 is 0 Å². The van der Waals surface area contributed by atoms with E-state index in [1.165, 1.54) is 17.4 Å². The number of halogens is 2. The van der Waals surface area contributed by atoms with Gasteiger partial charge >= 0.3 is 0 Å². The van der Waals surface area contributed by atoms with Crippen LogP contribution >= 0.6 is 27.3 Å². The average Bonchev–Trinajstić information content (AvgIpc) is 2.71. The van der Waals surface area contributed by atoms with Crippen LogP contribution in [0.3, 0.4) is 0 Å².